The van der Waals surface area contributed by atoms with Crippen molar-refractivity contribution in [2.75, 3.05) is 0 Å². The summed E-state index contributed by atoms with van der Waals surface area (Å²) in [4.78, 5) is 0. The summed E-state index contributed by atoms with van der Waals surface area (Å²) in [6, 6.07) is 0. The first-order valence-electron chi connectivity index (χ1n) is 4.46. The van der Waals surface area contributed by atoms with Crippen LogP contribution in [0.1, 0.15) is 20.8 Å². The molecular formula is C9H16O2S2. The van der Waals surface area contributed by atoms with Gasteiger partial charge < -0.3 is 4.55 Å². The molecule has 0 aromatic carbocycles. The molecule has 0 spiro atoms. The van der Waals surface area contributed by atoms with Gasteiger partial charge in [0, 0.05) is 22.8 Å². The Bertz CT molecular complexity index is 228. The van der Waals surface area contributed by atoms with Gasteiger partial charge in [0.25, 0.3) is 0 Å². The second kappa shape index (κ2) is 4.62. The van der Waals surface area contributed by atoms with Gasteiger partial charge in [-0.25, -0.2) is 0 Å². The second-order valence-corrected chi connectivity index (χ2v) is 6.24. The molecule has 0 aromatic heterocycles. The molecule has 1 fully saturated rings. The second-order valence-electron chi connectivity index (χ2n) is 3.51. The first-order valence-corrected chi connectivity index (χ1v) is 6.57. The highest BCUT2D eigenvalue weighted by atomic mass is 32.2. The zero-order chi connectivity index (χ0) is 10.0. The van der Waals surface area contributed by atoms with Crippen LogP contribution in [-0.4, -0.2) is 18.6 Å². The third-order valence-electron chi connectivity index (χ3n) is 2.76. The van der Waals surface area contributed by atoms with Crippen molar-refractivity contribution in [2.24, 2.45) is 11.8 Å². The highest BCUT2D eigenvalue weighted by molar-refractivity contribution is 8.08. The Morgan fingerprint density at radius 1 is 1.38 bits per heavy atom. The summed E-state index contributed by atoms with van der Waals surface area (Å²) in [7, 11) is -0.932. The van der Waals surface area contributed by atoms with Crippen molar-refractivity contribution in [3.05, 3.63) is 12.2 Å². The van der Waals surface area contributed by atoms with Gasteiger partial charge in [-0.1, -0.05) is 26.0 Å². The van der Waals surface area contributed by atoms with Crippen molar-refractivity contribution in [1.82, 2.24) is 0 Å². The van der Waals surface area contributed by atoms with E-state index in [0.717, 1.165) is 12.0 Å². The zero-order valence-electron chi connectivity index (χ0n) is 8.14. The van der Waals surface area contributed by atoms with E-state index in [4.69, 9.17) is 4.55 Å². The molecule has 0 amide bonds. The topological polar surface area (TPSA) is 37.3 Å². The Labute approximate surface area is 86.5 Å². The number of rotatable bonds is 2. The van der Waals surface area contributed by atoms with Crippen molar-refractivity contribution in [3.63, 3.8) is 0 Å². The fourth-order valence-electron chi connectivity index (χ4n) is 1.71. The van der Waals surface area contributed by atoms with Gasteiger partial charge in [0.2, 0.25) is 0 Å². The molecule has 1 unspecified atom stereocenters. The normalized spacial score (nSPS) is 46.0. The quantitative estimate of drug-likeness (QED) is 0.574. The van der Waals surface area contributed by atoms with E-state index in [1.54, 1.807) is 0 Å². The molecule has 0 radical (unpaired) electrons. The number of hydrogen-bond donors (Lipinski definition) is 1. The van der Waals surface area contributed by atoms with Crippen LogP contribution < -0.4 is 0 Å². The Morgan fingerprint density at radius 2 is 2.00 bits per heavy atom. The van der Waals surface area contributed by atoms with Gasteiger partial charge in [0.1, 0.15) is 4.58 Å². The summed E-state index contributed by atoms with van der Waals surface area (Å²) >= 11 is 0.748. The van der Waals surface area contributed by atoms with E-state index in [-0.39, 0.29) is 9.83 Å². The third-order valence-corrected chi connectivity index (χ3v) is 6.23. The first kappa shape index (κ1) is 11.3. The maximum Gasteiger partial charge on any atom is 0.109 e. The first-order chi connectivity index (χ1) is 6.13. The maximum absolute atomic E-state index is 11.8. The van der Waals surface area contributed by atoms with E-state index >= 15 is 0 Å². The van der Waals surface area contributed by atoms with Gasteiger partial charge in [-0.15, -0.1) is 0 Å². The standard InChI is InChI=1S/C9H16O2S2/c1-4-5-8-6(2)7(3)9(12-10)13(8)11/h4-10H,1-3H3/b5-4+/t6-,7-,8+,9-,13?/m1/s1. The van der Waals surface area contributed by atoms with Crippen LogP contribution >= 0.6 is 12.0 Å². The Hall–Kier alpha value is 0.200. The van der Waals surface area contributed by atoms with Crippen LogP contribution in [0.25, 0.3) is 0 Å². The molecule has 1 N–H and O–H groups in total. The summed E-state index contributed by atoms with van der Waals surface area (Å²) < 4.78 is 20.7. The minimum Gasteiger partial charge on any atom is -0.329 e. The van der Waals surface area contributed by atoms with Gasteiger partial charge in [-0.05, 0) is 18.8 Å². The van der Waals surface area contributed by atoms with Crippen LogP contribution in [0.15, 0.2) is 12.2 Å². The van der Waals surface area contributed by atoms with Gasteiger partial charge >= 0.3 is 0 Å². The van der Waals surface area contributed by atoms with Crippen molar-refractivity contribution < 1.29 is 8.76 Å². The van der Waals surface area contributed by atoms with Crippen molar-refractivity contribution in [3.8, 4) is 0 Å². The maximum atomic E-state index is 11.8. The van der Waals surface area contributed by atoms with E-state index in [1.807, 2.05) is 19.1 Å². The molecule has 0 bridgehead atoms. The lowest BCUT2D eigenvalue weighted by atomic mass is 9.94. The van der Waals surface area contributed by atoms with Crippen LogP contribution in [-0.2, 0) is 10.8 Å². The van der Waals surface area contributed by atoms with Crippen LogP contribution in [0, 0.1) is 11.8 Å². The Morgan fingerprint density at radius 3 is 2.38 bits per heavy atom. The number of hydrogen-bond acceptors (Lipinski definition) is 3. The lowest BCUT2D eigenvalue weighted by molar-refractivity contribution is 0.447. The van der Waals surface area contributed by atoms with Gasteiger partial charge in [0.15, 0.2) is 0 Å². The lowest BCUT2D eigenvalue weighted by Crippen LogP contribution is -2.14. The van der Waals surface area contributed by atoms with Crippen LogP contribution in [0.2, 0.25) is 0 Å². The Balaban J connectivity index is 2.84. The SMILES string of the molecule is C/C=C/[C@H]1[C@H](C)[C@@H](C)[C@H](SO)S1=O. The van der Waals surface area contributed by atoms with Gasteiger partial charge in [-0.2, -0.15) is 0 Å². The van der Waals surface area contributed by atoms with Crippen LogP contribution in [0.4, 0.5) is 0 Å². The van der Waals surface area contributed by atoms with E-state index < -0.39 is 10.8 Å². The monoisotopic (exact) mass is 220 g/mol. The smallest absolute Gasteiger partial charge is 0.109 e. The summed E-state index contributed by atoms with van der Waals surface area (Å²) in [5.41, 5.74) is 0. The van der Waals surface area contributed by atoms with E-state index in [1.165, 1.54) is 0 Å². The molecule has 4 heteroatoms. The molecule has 13 heavy (non-hydrogen) atoms. The highest BCUT2D eigenvalue weighted by Crippen LogP contribution is 2.40. The molecule has 76 valence electrons. The third kappa shape index (κ3) is 2.00. The molecular weight excluding hydrogens is 204 g/mol. The van der Waals surface area contributed by atoms with E-state index in [2.05, 4.69) is 13.8 Å². The average molecular weight is 220 g/mol. The van der Waals surface area contributed by atoms with Gasteiger partial charge in [0.05, 0.1) is 5.25 Å². The molecule has 1 aliphatic heterocycles. The minimum absolute atomic E-state index is 0.115. The molecule has 0 aliphatic carbocycles. The molecule has 5 atom stereocenters. The van der Waals surface area contributed by atoms with Gasteiger partial charge in [-0.3, -0.25) is 4.21 Å². The van der Waals surface area contributed by atoms with Crippen molar-refractivity contribution >= 4 is 22.8 Å². The average Bonchev–Trinajstić information content (AvgIpc) is 2.31. The molecule has 2 nitrogen and oxygen atoms in total. The predicted octanol–water partition coefficient (Wildman–Crippen LogP) is 2.50. The molecule has 0 saturated carbocycles. The van der Waals surface area contributed by atoms with Crippen LogP contribution in [0.3, 0.4) is 0 Å². The summed E-state index contributed by atoms with van der Waals surface area (Å²) in [6.07, 6.45) is 3.93. The lowest BCUT2D eigenvalue weighted by Gasteiger charge is -2.12. The largest absolute Gasteiger partial charge is 0.329 e. The molecule has 1 heterocycles. The molecule has 0 aromatic rings. The molecule has 1 saturated heterocycles. The fourth-order valence-corrected chi connectivity index (χ4v) is 4.83. The fraction of sp³-hybridized carbons (Fsp3) is 0.778. The van der Waals surface area contributed by atoms with Crippen molar-refractivity contribution in [2.45, 2.75) is 30.6 Å². The van der Waals surface area contributed by atoms with E-state index in [9.17, 15) is 4.21 Å². The van der Waals surface area contributed by atoms with E-state index in [0.29, 0.717) is 11.8 Å². The van der Waals surface area contributed by atoms with Crippen LogP contribution in [0.5, 0.6) is 0 Å². The van der Waals surface area contributed by atoms with Crippen molar-refractivity contribution in [1.29, 1.82) is 0 Å². The highest BCUT2D eigenvalue weighted by Gasteiger charge is 2.43. The molecule has 1 rings (SSSR count). The summed E-state index contributed by atoms with van der Waals surface area (Å²) in [5.74, 6) is 0.707. The molecule has 1 aliphatic rings. The zero-order valence-corrected chi connectivity index (χ0v) is 9.77. The summed E-state index contributed by atoms with van der Waals surface area (Å²) in [6.45, 7) is 6.09. The Kier molecular flexibility index (Phi) is 4.01. The predicted molar refractivity (Wildman–Crippen MR) is 59.1 cm³/mol. The minimum atomic E-state index is -0.932. The number of allylic oxidation sites excluding steroid dienone is 1. The summed E-state index contributed by atoms with van der Waals surface area (Å²) in [5, 5.41) is 0.115.